The van der Waals surface area contributed by atoms with Gasteiger partial charge >= 0.3 is 0 Å². The lowest BCUT2D eigenvalue weighted by atomic mass is 10.0. The molecule has 0 N–H and O–H groups in total. The average Bonchev–Trinajstić information content (AvgIpc) is 2.67. The van der Waals surface area contributed by atoms with E-state index < -0.39 is 0 Å². The maximum atomic E-state index is 3.56. The summed E-state index contributed by atoms with van der Waals surface area (Å²) in [6, 6.07) is 19.6. The van der Waals surface area contributed by atoms with E-state index >= 15 is 0 Å². The van der Waals surface area contributed by atoms with Crippen LogP contribution in [0.25, 0.3) is 33.0 Å². The maximum absolute atomic E-state index is 3.56. The first kappa shape index (κ1) is 9.43. The lowest BCUT2D eigenvalue weighted by Crippen LogP contribution is -1.75. The van der Waals surface area contributed by atoms with Gasteiger partial charge in [0.25, 0.3) is 0 Å². The Labute approximate surface area is 108 Å². The molecule has 0 spiro atoms. The second-order valence-corrected chi connectivity index (χ2v) is 5.31. The molecule has 0 saturated carbocycles. The number of rotatable bonds is 0. The van der Waals surface area contributed by atoms with E-state index in [9.17, 15) is 0 Å². The van der Waals surface area contributed by atoms with Crippen molar-refractivity contribution >= 4 is 26.7 Å². The first-order chi connectivity index (χ1) is 8.34. The second kappa shape index (κ2) is 3.21. The third kappa shape index (κ3) is 1.18. The Morgan fingerprint density at radius 3 is 2.12 bits per heavy atom. The Kier molecular flexibility index (Phi) is 1.78. The van der Waals surface area contributed by atoms with E-state index in [1.54, 1.807) is 0 Å². The van der Waals surface area contributed by atoms with Crippen molar-refractivity contribution in [2.45, 2.75) is 0 Å². The zero-order chi connectivity index (χ0) is 11.4. The molecule has 4 rings (SSSR count). The molecule has 0 heterocycles. The zero-order valence-corrected chi connectivity index (χ0v) is 10.7. The average molecular weight is 281 g/mol. The molecule has 0 radical (unpaired) electrons. The van der Waals surface area contributed by atoms with Crippen molar-refractivity contribution in [3.63, 3.8) is 0 Å². The fraction of sp³-hybridized carbons (Fsp3) is 0. The molecule has 0 aromatic heterocycles. The van der Waals surface area contributed by atoms with Crippen molar-refractivity contribution in [1.29, 1.82) is 0 Å². The highest BCUT2D eigenvalue weighted by atomic mass is 79.9. The van der Waals surface area contributed by atoms with Gasteiger partial charge in [-0.2, -0.15) is 0 Å². The summed E-state index contributed by atoms with van der Waals surface area (Å²) in [6.45, 7) is 0. The van der Waals surface area contributed by atoms with Gasteiger partial charge in [-0.1, -0.05) is 58.4 Å². The summed E-state index contributed by atoms with van der Waals surface area (Å²) >= 11 is 3.56. The number of halogens is 1. The highest BCUT2D eigenvalue weighted by Crippen LogP contribution is 2.47. The molecular formula is C16H9Br. The molecular weight excluding hydrogens is 272 g/mol. The molecule has 3 aromatic rings. The van der Waals surface area contributed by atoms with Gasteiger partial charge in [0.05, 0.1) is 0 Å². The largest absolute Gasteiger partial charge is 0.0610 e. The van der Waals surface area contributed by atoms with E-state index in [4.69, 9.17) is 0 Å². The normalized spacial score (nSPS) is 11.8. The molecule has 3 aromatic carbocycles. The number of hydrogen-bond donors (Lipinski definition) is 0. The van der Waals surface area contributed by atoms with Crippen molar-refractivity contribution in [2.24, 2.45) is 0 Å². The molecule has 1 heteroatoms. The Morgan fingerprint density at radius 2 is 1.35 bits per heavy atom. The monoisotopic (exact) mass is 280 g/mol. The van der Waals surface area contributed by atoms with E-state index in [1.807, 2.05) is 0 Å². The molecule has 0 aliphatic heterocycles. The standard InChI is InChI=1S/C16H9Br/c17-11-7-8-12-13-5-1-3-10-4-2-6-14(16(10)13)15(12)9-11/h1-9H. The summed E-state index contributed by atoms with van der Waals surface area (Å²) in [4.78, 5) is 0. The smallest absolute Gasteiger partial charge is 0.0181 e. The molecule has 1 aliphatic rings. The summed E-state index contributed by atoms with van der Waals surface area (Å²) in [7, 11) is 0. The summed E-state index contributed by atoms with van der Waals surface area (Å²) < 4.78 is 1.14. The minimum absolute atomic E-state index is 1.14. The fourth-order valence-corrected chi connectivity index (χ4v) is 3.13. The van der Waals surface area contributed by atoms with Gasteiger partial charge in [0.1, 0.15) is 0 Å². The third-order valence-electron chi connectivity index (χ3n) is 3.47. The second-order valence-electron chi connectivity index (χ2n) is 4.40. The molecule has 0 nitrogen and oxygen atoms in total. The van der Waals surface area contributed by atoms with E-state index in [-0.39, 0.29) is 0 Å². The first-order valence-electron chi connectivity index (χ1n) is 5.67. The van der Waals surface area contributed by atoms with Crippen LogP contribution >= 0.6 is 15.9 Å². The van der Waals surface area contributed by atoms with Crippen LogP contribution in [0, 0.1) is 0 Å². The van der Waals surface area contributed by atoms with Gasteiger partial charge in [0.15, 0.2) is 0 Å². The predicted molar refractivity (Wildman–Crippen MR) is 76.1 cm³/mol. The molecule has 0 saturated heterocycles. The van der Waals surface area contributed by atoms with E-state index in [1.165, 1.54) is 33.0 Å². The Bertz CT molecular complexity index is 751. The third-order valence-corrected chi connectivity index (χ3v) is 3.96. The minimum Gasteiger partial charge on any atom is -0.0610 e. The Hall–Kier alpha value is -1.60. The van der Waals surface area contributed by atoms with Gasteiger partial charge < -0.3 is 0 Å². The lowest BCUT2D eigenvalue weighted by molar-refractivity contribution is 1.65. The predicted octanol–water partition coefficient (Wildman–Crippen LogP) is 5.25. The SMILES string of the molecule is Brc1ccc2c(c1)-c1cccc3cccc-2c13. The molecule has 1 aliphatic carbocycles. The molecule has 0 bridgehead atoms. The quantitative estimate of drug-likeness (QED) is 0.413. The zero-order valence-electron chi connectivity index (χ0n) is 9.07. The van der Waals surface area contributed by atoms with Crippen LogP contribution in [-0.4, -0.2) is 0 Å². The summed E-state index contributed by atoms with van der Waals surface area (Å²) in [6.07, 6.45) is 0. The number of hydrogen-bond acceptors (Lipinski definition) is 0. The summed E-state index contributed by atoms with van der Waals surface area (Å²) in [5.41, 5.74) is 5.40. The van der Waals surface area contributed by atoms with Crippen LogP contribution < -0.4 is 0 Å². The van der Waals surface area contributed by atoms with Crippen LogP contribution in [0.4, 0.5) is 0 Å². The Balaban J connectivity index is 2.26. The van der Waals surface area contributed by atoms with Crippen LogP contribution in [-0.2, 0) is 0 Å². The Morgan fingerprint density at radius 1 is 0.647 bits per heavy atom. The van der Waals surface area contributed by atoms with Crippen LogP contribution in [0.2, 0.25) is 0 Å². The topological polar surface area (TPSA) is 0 Å². The van der Waals surface area contributed by atoms with E-state index in [0.717, 1.165) is 4.47 Å². The first-order valence-corrected chi connectivity index (χ1v) is 6.46. The summed E-state index contributed by atoms with van der Waals surface area (Å²) in [5.74, 6) is 0. The highest BCUT2D eigenvalue weighted by molar-refractivity contribution is 9.10. The van der Waals surface area contributed by atoms with Crippen LogP contribution in [0.3, 0.4) is 0 Å². The van der Waals surface area contributed by atoms with Crippen molar-refractivity contribution in [3.05, 3.63) is 59.1 Å². The molecule has 0 atom stereocenters. The molecule has 0 fully saturated rings. The van der Waals surface area contributed by atoms with Crippen molar-refractivity contribution in [2.75, 3.05) is 0 Å². The van der Waals surface area contributed by atoms with Gasteiger partial charge in [-0.05, 0) is 45.2 Å². The van der Waals surface area contributed by atoms with Gasteiger partial charge in [-0.25, -0.2) is 0 Å². The fourth-order valence-electron chi connectivity index (χ4n) is 2.76. The molecule has 0 unspecified atom stereocenters. The van der Waals surface area contributed by atoms with Crippen LogP contribution in [0.15, 0.2) is 59.1 Å². The van der Waals surface area contributed by atoms with E-state index in [0.29, 0.717) is 0 Å². The van der Waals surface area contributed by atoms with Crippen molar-refractivity contribution in [3.8, 4) is 22.3 Å². The van der Waals surface area contributed by atoms with Gasteiger partial charge in [-0.15, -0.1) is 0 Å². The highest BCUT2D eigenvalue weighted by Gasteiger charge is 2.20. The molecule has 0 amide bonds. The molecule has 17 heavy (non-hydrogen) atoms. The van der Waals surface area contributed by atoms with Crippen LogP contribution in [0.5, 0.6) is 0 Å². The van der Waals surface area contributed by atoms with Crippen LogP contribution in [0.1, 0.15) is 0 Å². The van der Waals surface area contributed by atoms with Gasteiger partial charge in [0, 0.05) is 4.47 Å². The van der Waals surface area contributed by atoms with Gasteiger partial charge in [-0.3, -0.25) is 0 Å². The van der Waals surface area contributed by atoms with Crippen molar-refractivity contribution < 1.29 is 0 Å². The van der Waals surface area contributed by atoms with Crippen molar-refractivity contribution in [1.82, 2.24) is 0 Å². The van der Waals surface area contributed by atoms with E-state index in [2.05, 4.69) is 70.5 Å². The lowest BCUT2D eigenvalue weighted by Gasteiger charge is -2.01. The molecule has 80 valence electrons. The van der Waals surface area contributed by atoms with Gasteiger partial charge in [0.2, 0.25) is 0 Å². The minimum atomic E-state index is 1.14. The number of fused-ring (bicyclic) bond motifs is 3. The maximum Gasteiger partial charge on any atom is 0.0181 e. The number of benzene rings is 3. The summed E-state index contributed by atoms with van der Waals surface area (Å²) in [5, 5.41) is 2.72.